The first-order valence-corrected chi connectivity index (χ1v) is 13.3. The molecule has 13 heteroatoms. The molecule has 5 rings (SSSR count). The van der Waals surface area contributed by atoms with Crippen molar-refractivity contribution in [2.45, 2.75) is 50.3 Å². The van der Waals surface area contributed by atoms with E-state index in [4.69, 9.17) is 20.9 Å². The van der Waals surface area contributed by atoms with Crippen molar-refractivity contribution in [2.75, 3.05) is 24.3 Å². The molecule has 1 amide bonds. The Balaban J connectivity index is 1.44. The molecule has 4 aromatic rings. The van der Waals surface area contributed by atoms with Gasteiger partial charge in [0, 0.05) is 18.5 Å². The summed E-state index contributed by atoms with van der Waals surface area (Å²) in [5, 5.41) is 34.0. The van der Waals surface area contributed by atoms with Crippen LogP contribution in [0.15, 0.2) is 54.9 Å². The van der Waals surface area contributed by atoms with E-state index in [1.807, 2.05) is 48.5 Å². The van der Waals surface area contributed by atoms with Gasteiger partial charge in [0.1, 0.15) is 30.4 Å². The third-order valence-electron chi connectivity index (χ3n) is 6.96. The first-order chi connectivity index (χ1) is 19.9. The molecular weight excluding hydrogens is 530 g/mol. The smallest absolute Gasteiger partial charge is 0.217 e. The van der Waals surface area contributed by atoms with E-state index in [0.717, 1.165) is 16.7 Å². The molecule has 216 valence electrons. The van der Waals surface area contributed by atoms with Crippen LogP contribution in [-0.4, -0.2) is 72.3 Å². The predicted octanol–water partition coefficient (Wildman–Crippen LogP) is 1.33. The Morgan fingerprint density at radius 2 is 1.88 bits per heavy atom. The van der Waals surface area contributed by atoms with Crippen LogP contribution in [0.4, 0.5) is 11.8 Å². The molecule has 1 aliphatic rings. The van der Waals surface area contributed by atoms with Gasteiger partial charge in [0.25, 0.3) is 0 Å². The van der Waals surface area contributed by atoms with E-state index >= 15 is 0 Å². The fourth-order valence-corrected chi connectivity index (χ4v) is 4.79. The van der Waals surface area contributed by atoms with Crippen LogP contribution in [0.1, 0.15) is 31.1 Å². The number of carbonyl (C=O) groups excluding carboxylic acids is 1. The molecule has 41 heavy (non-hydrogen) atoms. The number of nitrogens with two attached hydrogens (primary N) is 2. The van der Waals surface area contributed by atoms with Crippen LogP contribution < -0.4 is 21.5 Å². The number of imidazole rings is 1. The quantitative estimate of drug-likeness (QED) is 0.136. The minimum Gasteiger partial charge on any atom is -0.493 e. The first-order valence-electron chi connectivity index (χ1n) is 13.3. The zero-order valence-electron chi connectivity index (χ0n) is 22.3. The molecule has 4 atom stereocenters. The minimum atomic E-state index is -1.36. The van der Waals surface area contributed by atoms with Crippen molar-refractivity contribution in [3.05, 3.63) is 60.4 Å². The van der Waals surface area contributed by atoms with Crippen molar-refractivity contribution in [1.82, 2.24) is 19.5 Å². The Morgan fingerprint density at radius 1 is 1.07 bits per heavy atom. The summed E-state index contributed by atoms with van der Waals surface area (Å²) in [5.74, 6) is 0.702. The molecule has 8 N–H and O–H groups in total. The highest BCUT2D eigenvalue weighted by atomic mass is 16.6. The third kappa shape index (κ3) is 6.07. The number of rotatable bonds is 12. The summed E-state index contributed by atoms with van der Waals surface area (Å²) in [7, 11) is 0. The molecule has 0 spiro atoms. The third-order valence-corrected chi connectivity index (χ3v) is 6.96. The van der Waals surface area contributed by atoms with E-state index < -0.39 is 31.1 Å². The van der Waals surface area contributed by atoms with Gasteiger partial charge >= 0.3 is 0 Å². The van der Waals surface area contributed by atoms with Crippen molar-refractivity contribution in [1.29, 1.82) is 0 Å². The van der Waals surface area contributed by atoms with E-state index in [1.54, 1.807) is 0 Å². The number of aromatic nitrogens is 4. The Labute approximate surface area is 235 Å². The van der Waals surface area contributed by atoms with Gasteiger partial charge in [-0.3, -0.25) is 9.36 Å². The molecule has 3 heterocycles. The zero-order chi connectivity index (χ0) is 28.9. The minimum absolute atomic E-state index is 0.135. The maximum Gasteiger partial charge on any atom is 0.217 e. The highest BCUT2D eigenvalue weighted by Crippen LogP contribution is 2.36. The fraction of sp³-hybridized carbons (Fsp3) is 0.357. The van der Waals surface area contributed by atoms with Crippen molar-refractivity contribution in [2.24, 2.45) is 5.73 Å². The summed E-state index contributed by atoms with van der Waals surface area (Å²) in [4.78, 5) is 23.9. The molecular formula is C28H33N7O6. The van der Waals surface area contributed by atoms with Gasteiger partial charge in [0.15, 0.2) is 23.2 Å². The molecule has 0 unspecified atom stereocenters. The average Bonchev–Trinajstić information content (AvgIpc) is 3.49. The summed E-state index contributed by atoms with van der Waals surface area (Å²) >= 11 is 0. The maximum atomic E-state index is 11.1. The van der Waals surface area contributed by atoms with Crippen LogP contribution in [0, 0.1) is 0 Å². The largest absolute Gasteiger partial charge is 0.493 e. The number of nitrogens with zero attached hydrogens (tertiary/aromatic N) is 4. The second kappa shape index (κ2) is 12.5. The number of unbranched alkanes of at least 4 members (excludes halogenated alkanes) is 1. The second-order valence-corrected chi connectivity index (χ2v) is 9.78. The number of hydrogen-bond acceptors (Lipinski definition) is 11. The summed E-state index contributed by atoms with van der Waals surface area (Å²) in [6.45, 7) is 0.179. The topological polar surface area (TPSA) is 204 Å². The number of nitrogens with one attached hydrogen (secondary N) is 1. The van der Waals surface area contributed by atoms with Crippen molar-refractivity contribution in [3.63, 3.8) is 0 Å². The van der Waals surface area contributed by atoms with Gasteiger partial charge in [-0.1, -0.05) is 42.5 Å². The lowest BCUT2D eigenvalue weighted by molar-refractivity contribution is -0.118. The number of amides is 1. The van der Waals surface area contributed by atoms with Gasteiger partial charge in [0.2, 0.25) is 11.9 Å². The fourth-order valence-electron chi connectivity index (χ4n) is 4.79. The molecule has 0 radical (unpaired) electrons. The van der Waals surface area contributed by atoms with E-state index in [0.29, 0.717) is 37.3 Å². The molecule has 1 fully saturated rings. The van der Waals surface area contributed by atoms with Crippen LogP contribution in [0.25, 0.3) is 22.3 Å². The van der Waals surface area contributed by atoms with Crippen molar-refractivity contribution >= 4 is 28.8 Å². The number of carbonyl (C=O) groups is 1. The summed E-state index contributed by atoms with van der Waals surface area (Å²) in [6.07, 6.45) is -1.90. The van der Waals surface area contributed by atoms with E-state index in [9.17, 15) is 20.1 Å². The molecule has 1 saturated heterocycles. The summed E-state index contributed by atoms with van der Waals surface area (Å²) in [6, 6.07) is 15.8. The van der Waals surface area contributed by atoms with Gasteiger partial charge in [-0.15, -0.1) is 0 Å². The number of nitrogen functional groups attached to an aromatic ring is 1. The molecule has 0 aliphatic carbocycles. The normalized spacial score (nSPS) is 20.4. The second-order valence-electron chi connectivity index (χ2n) is 9.78. The molecule has 0 saturated carbocycles. The van der Waals surface area contributed by atoms with Gasteiger partial charge in [0.05, 0.1) is 13.2 Å². The van der Waals surface area contributed by atoms with Crippen molar-refractivity contribution in [3.8, 4) is 16.9 Å². The SMILES string of the molecule is NC(=O)CCCCOc1cc(-c2ccccc2)ccc1CNc1nc2c(N)ncnc2n1[C@@H]1O[C@H](CO)[C@@H](O)[C@H]1O. The molecule has 0 bridgehead atoms. The zero-order valence-corrected chi connectivity index (χ0v) is 22.3. The number of anilines is 2. The van der Waals surface area contributed by atoms with E-state index in [2.05, 4.69) is 20.3 Å². The van der Waals surface area contributed by atoms with Gasteiger partial charge < -0.3 is 41.6 Å². The number of benzene rings is 2. The van der Waals surface area contributed by atoms with Crippen LogP contribution >= 0.6 is 0 Å². The van der Waals surface area contributed by atoms with Crippen LogP contribution in [0.3, 0.4) is 0 Å². The van der Waals surface area contributed by atoms with E-state index in [1.165, 1.54) is 10.9 Å². The van der Waals surface area contributed by atoms with Gasteiger partial charge in [-0.05, 0) is 30.0 Å². The van der Waals surface area contributed by atoms with Crippen molar-refractivity contribution < 1.29 is 29.6 Å². The number of fused-ring (bicyclic) bond motifs is 1. The number of aliphatic hydroxyl groups excluding tert-OH is 3. The Morgan fingerprint density at radius 3 is 2.61 bits per heavy atom. The number of ether oxygens (including phenoxy) is 2. The highest BCUT2D eigenvalue weighted by molar-refractivity contribution is 5.84. The van der Waals surface area contributed by atoms with Crippen LogP contribution in [0.5, 0.6) is 5.75 Å². The van der Waals surface area contributed by atoms with Crippen LogP contribution in [-0.2, 0) is 16.1 Å². The molecule has 2 aromatic carbocycles. The Hall–Kier alpha value is -4.30. The number of primary amides is 1. The standard InChI is InChI=1S/C28H33N7O6/c29-21(37)8-4-5-11-40-19-12-17(16-6-2-1-3-7-16)9-10-18(19)13-31-28-34-22-25(30)32-15-33-26(22)35(28)27-24(39)23(38)20(14-36)41-27/h1-3,6-7,9-10,12,15,20,23-24,27,36,38-39H,4-5,8,11,13-14H2,(H2,29,37)(H,31,34)(H2,30,32,33)/t20-,23-,24-,27-/m1/s1. The summed E-state index contributed by atoms with van der Waals surface area (Å²) in [5.41, 5.74) is 14.7. The molecule has 1 aliphatic heterocycles. The summed E-state index contributed by atoms with van der Waals surface area (Å²) < 4.78 is 13.4. The first kappa shape index (κ1) is 28.2. The van der Waals surface area contributed by atoms with Gasteiger partial charge in [-0.2, -0.15) is 0 Å². The predicted molar refractivity (Wildman–Crippen MR) is 150 cm³/mol. The lowest BCUT2D eigenvalue weighted by atomic mass is 10.0. The number of aliphatic hydroxyl groups is 3. The lowest BCUT2D eigenvalue weighted by Crippen LogP contribution is -2.33. The average molecular weight is 564 g/mol. The van der Waals surface area contributed by atoms with Crippen LogP contribution in [0.2, 0.25) is 0 Å². The molecule has 13 nitrogen and oxygen atoms in total. The number of hydrogen-bond donors (Lipinski definition) is 6. The lowest BCUT2D eigenvalue weighted by Gasteiger charge is -2.20. The Kier molecular flexibility index (Phi) is 8.59. The van der Waals surface area contributed by atoms with Gasteiger partial charge in [-0.25, -0.2) is 15.0 Å². The monoisotopic (exact) mass is 563 g/mol. The van der Waals surface area contributed by atoms with E-state index in [-0.39, 0.29) is 29.7 Å². The molecule has 2 aromatic heterocycles. The Bertz CT molecular complexity index is 1500. The maximum absolute atomic E-state index is 11.1. The highest BCUT2D eigenvalue weighted by Gasteiger charge is 2.45.